The molecule has 0 aliphatic carbocycles. The molecule has 1 aromatic carbocycles. The highest BCUT2D eigenvalue weighted by atomic mass is 16.5. The van der Waals surface area contributed by atoms with E-state index in [1.165, 1.54) is 5.56 Å². The molecule has 1 aliphatic heterocycles. The Morgan fingerprint density at radius 1 is 1.31 bits per heavy atom. The quantitative estimate of drug-likeness (QED) is 0.748. The molecule has 2 rings (SSSR count). The summed E-state index contributed by atoms with van der Waals surface area (Å²) in [4.78, 5) is 0. The zero-order valence-electron chi connectivity index (χ0n) is 7.65. The maximum Gasteiger partial charge on any atom is 0.0768 e. The second-order valence-electron chi connectivity index (χ2n) is 3.49. The van der Waals surface area contributed by atoms with Crippen molar-refractivity contribution in [3.05, 3.63) is 35.9 Å². The fourth-order valence-electron chi connectivity index (χ4n) is 1.78. The predicted molar refractivity (Wildman–Crippen MR) is 52.3 cm³/mol. The van der Waals surface area contributed by atoms with Gasteiger partial charge in [-0.25, -0.2) is 0 Å². The molecule has 1 fully saturated rings. The van der Waals surface area contributed by atoms with Crippen LogP contribution in [0.3, 0.4) is 0 Å². The zero-order valence-corrected chi connectivity index (χ0v) is 7.65. The van der Waals surface area contributed by atoms with Gasteiger partial charge in [0.25, 0.3) is 0 Å². The standard InChI is InChI=1S/C11H15NO/c12-11(10-7-4-8-13-10)9-5-2-1-3-6-9/h1-3,5-6,10-11H,4,7-8,12H2/t10-,11-/m0/s1. The van der Waals surface area contributed by atoms with Crippen molar-refractivity contribution in [2.24, 2.45) is 5.73 Å². The Balaban J connectivity index is 2.08. The molecule has 1 saturated heterocycles. The van der Waals surface area contributed by atoms with E-state index in [-0.39, 0.29) is 12.1 Å². The van der Waals surface area contributed by atoms with E-state index in [4.69, 9.17) is 10.5 Å². The molecule has 2 nitrogen and oxygen atoms in total. The first kappa shape index (κ1) is 8.73. The molecule has 0 spiro atoms. The van der Waals surface area contributed by atoms with Crippen LogP contribution in [0, 0.1) is 0 Å². The van der Waals surface area contributed by atoms with Crippen molar-refractivity contribution in [2.45, 2.75) is 25.0 Å². The lowest BCUT2D eigenvalue weighted by Gasteiger charge is -2.18. The first-order chi connectivity index (χ1) is 6.38. The number of hydrogen-bond donors (Lipinski definition) is 1. The minimum Gasteiger partial charge on any atom is -0.376 e. The summed E-state index contributed by atoms with van der Waals surface area (Å²) in [6, 6.07) is 10.2. The molecule has 0 aromatic heterocycles. The van der Waals surface area contributed by atoms with E-state index in [0.29, 0.717) is 0 Å². The number of ether oxygens (including phenoxy) is 1. The molecule has 2 heteroatoms. The largest absolute Gasteiger partial charge is 0.376 e. The van der Waals surface area contributed by atoms with Gasteiger partial charge in [0.1, 0.15) is 0 Å². The summed E-state index contributed by atoms with van der Waals surface area (Å²) in [6.45, 7) is 0.866. The number of nitrogens with two attached hydrogens (primary N) is 1. The van der Waals surface area contributed by atoms with Gasteiger partial charge in [0, 0.05) is 6.61 Å². The summed E-state index contributed by atoms with van der Waals surface area (Å²) in [5, 5.41) is 0. The van der Waals surface area contributed by atoms with Crippen molar-refractivity contribution < 1.29 is 4.74 Å². The molecule has 13 heavy (non-hydrogen) atoms. The molecule has 1 aliphatic rings. The van der Waals surface area contributed by atoms with Crippen molar-refractivity contribution >= 4 is 0 Å². The molecule has 70 valence electrons. The number of rotatable bonds is 2. The fraction of sp³-hybridized carbons (Fsp3) is 0.455. The van der Waals surface area contributed by atoms with E-state index in [1.807, 2.05) is 18.2 Å². The molecule has 0 bridgehead atoms. The lowest BCUT2D eigenvalue weighted by Crippen LogP contribution is -2.25. The lowest BCUT2D eigenvalue weighted by atomic mass is 10.0. The van der Waals surface area contributed by atoms with E-state index in [2.05, 4.69) is 12.1 Å². The van der Waals surface area contributed by atoms with Crippen LogP contribution in [0.1, 0.15) is 24.4 Å². The Morgan fingerprint density at radius 3 is 2.69 bits per heavy atom. The topological polar surface area (TPSA) is 35.2 Å². The Hall–Kier alpha value is -0.860. The van der Waals surface area contributed by atoms with Crippen LogP contribution in [0.15, 0.2) is 30.3 Å². The van der Waals surface area contributed by atoms with Gasteiger partial charge in [0.05, 0.1) is 12.1 Å². The van der Waals surface area contributed by atoms with Crippen molar-refractivity contribution in [2.75, 3.05) is 6.61 Å². The second kappa shape index (κ2) is 3.90. The average Bonchev–Trinajstić information content (AvgIpc) is 2.71. The summed E-state index contributed by atoms with van der Waals surface area (Å²) < 4.78 is 5.54. The van der Waals surface area contributed by atoms with Crippen molar-refractivity contribution in [1.82, 2.24) is 0 Å². The van der Waals surface area contributed by atoms with Crippen LogP contribution in [0.25, 0.3) is 0 Å². The van der Waals surface area contributed by atoms with Crippen LogP contribution in [0.2, 0.25) is 0 Å². The summed E-state index contributed by atoms with van der Waals surface area (Å²) in [5.74, 6) is 0. The maximum absolute atomic E-state index is 6.08. The van der Waals surface area contributed by atoms with E-state index in [9.17, 15) is 0 Å². The summed E-state index contributed by atoms with van der Waals surface area (Å²) in [6.07, 6.45) is 2.46. The van der Waals surface area contributed by atoms with Gasteiger partial charge < -0.3 is 10.5 Å². The molecular weight excluding hydrogens is 162 g/mol. The Bertz CT molecular complexity index is 254. The van der Waals surface area contributed by atoms with Gasteiger partial charge >= 0.3 is 0 Å². The van der Waals surface area contributed by atoms with Crippen LogP contribution < -0.4 is 5.73 Å². The summed E-state index contributed by atoms with van der Waals surface area (Å²) in [5.41, 5.74) is 7.25. The smallest absolute Gasteiger partial charge is 0.0768 e. The third kappa shape index (κ3) is 1.90. The molecule has 2 N–H and O–H groups in total. The van der Waals surface area contributed by atoms with E-state index in [0.717, 1.165) is 19.4 Å². The van der Waals surface area contributed by atoms with Crippen molar-refractivity contribution in [3.8, 4) is 0 Å². The molecule has 0 radical (unpaired) electrons. The maximum atomic E-state index is 6.08. The van der Waals surface area contributed by atoms with Crippen LogP contribution in [-0.2, 0) is 4.74 Å². The van der Waals surface area contributed by atoms with Gasteiger partial charge in [0.15, 0.2) is 0 Å². The highest BCUT2D eigenvalue weighted by molar-refractivity contribution is 5.19. The van der Waals surface area contributed by atoms with Crippen LogP contribution in [0.4, 0.5) is 0 Å². The van der Waals surface area contributed by atoms with Crippen LogP contribution >= 0.6 is 0 Å². The van der Waals surface area contributed by atoms with Gasteiger partial charge in [-0.3, -0.25) is 0 Å². The molecule has 0 unspecified atom stereocenters. The van der Waals surface area contributed by atoms with Gasteiger partial charge in [-0.2, -0.15) is 0 Å². The highest BCUT2D eigenvalue weighted by Crippen LogP contribution is 2.24. The van der Waals surface area contributed by atoms with Crippen LogP contribution in [0.5, 0.6) is 0 Å². The van der Waals surface area contributed by atoms with Gasteiger partial charge in [-0.15, -0.1) is 0 Å². The van der Waals surface area contributed by atoms with Crippen molar-refractivity contribution in [1.29, 1.82) is 0 Å². The normalized spacial score (nSPS) is 24.5. The lowest BCUT2D eigenvalue weighted by molar-refractivity contribution is 0.0900. The minimum atomic E-state index is 0.0451. The molecule has 2 atom stereocenters. The molecule has 0 saturated carbocycles. The zero-order chi connectivity index (χ0) is 9.10. The summed E-state index contributed by atoms with van der Waals surface area (Å²) in [7, 11) is 0. The Kier molecular flexibility index (Phi) is 2.62. The van der Waals surface area contributed by atoms with Gasteiger partial charge in [0.2, 0.25) is 0 Å². The van der Waals surface area contributed by atoms with E-state index < -0.39 is 0 Å². The molecular formula is C11H15NO. The third-order valence-electron chi connectivity index (χ3n) is 2.55. The first-order valence-electron chi connectivity index (χ1n) is 4.80. The summed E-state index contributed by atoms with van der Waals surface area (Å²) >= 11 is 0. The fourth-order valence-corrected chi connectivity index (χ4v) is 1.78. The number of benzene rings is 1. The third-order valence-corrected chi connectivity index (χ3v) is 2.55. The minimum absolute atomic E-state index is 0.0451. The highest BCUT2D eigenvalue weighted by Gasteiger charge is 2.23. The van der Waals surface area contributed by atoms with Gasteiger partial charge in [-0.1, -0.05) is 30.3 Å². The van der Waals surface area contributed by atoms with Crippen LogP contribution in [-0.4, -0.2) is 12.7 Å². The van der Waals surface area contributed by atoms with E-state index in [1.54, 1.807) is 0 Å². The van der Waals surface area contributed by atoms with Crippen molar-refractivity contribution in [3.63, 3.8) is 0 Å². The second-order valence-corrected chi connectivity index (χ2v) is 3.49. The average molecular weight is 177 g/mol. The Morgan fingerprint density at radius 2 is 2.08 bits per heavy atom. The predicted octanol–water partition coefficient (Wildman–Crippen LogP) is 1.87. The molecule has 1 heterocycles. The number of hydrogen-bond acceptors (Lipinski definition) is 2. The molecule has 1 aromatic rings. The monoisotopic (exact) mass is 177 g/mol. The molecule has 0 amide bonds. The van der Waals surface area contributed by atoms with Gasteiger partial charge in [-0.05, 0) is 18.4 Å². The first-order valence-corrected chi connectivity index (χ1v) is 4.80. The Labute approximate surface area is 78.7 Å². The van der Waals surface area contributed by atoms with E-state index >= 15 is 0 Å². The SMILES string of the molecule is N[C@@H](c1ccccc1)[C@@H]1CCCO1.